The van der Waals surface area contributed by atoms with Gasteiger partial charge < -0.3 is 9.47 Å². The van der Waals surface area contributed by atoms with Crippen molar-refractivity contribution >= 4 is 5.78 Å². The zero-order valence-electron chi connectivity index (χ0n) is 11.9. The molecule has 3 heteroatoms. The Morgan fingerprint density at radius 2 is 1.72 bits per heavy atom. The average molecular weight is 250 g/mol. The van der Waals surface area contributed by atoms with Crippen molar-refractivity contribution in [1.29, 1.82) is 0 Å². The lowest BCUT2D eigenvalue weighted by molar-refractivity contribution is 0.0965. The minimum absolute atomic E-state index is 0.144. The van der Waals surface area contributed by atoms with Gasteiger partial charge in [0.2, 0.25) is 0 Å². The molecule has 0 atom stereocenters. The van der Waals surface area contributed by atoms with Crippen LogP contribution in [0.4, 0.5) is 0 Å². The number of ether oxygens (including phenoxy) is 2. The number of rotatable bonds is 5. The molecule has 0 amide bonds. The molecule has 0 heterocycles. The number of hydrogen-bond acceptors (Lipinski definition) is 3. The molecule has 0 N–H and O–H groups in total. The van der Waals surface area contributed by atoms with Gasteiger partial charge in [0.15, 0.2) is 17.3 Å². The van der Waals surface area contributed by atoms with Crippen LogP contribution >= 0.6 is 0 Å². The van der Waals surface area contributed by atoms with Crippen LogP contribution in [0.15, 0.2) is 18.2 Å². The molecule has 0 radical (unpaired) electrons. The molecule has 100 valence electrons. The van der Waals surface area contributed by atoms with Gasteiger partial charge in [0, 0.05) is 12.0 Å². The van der Waals surface area contributed by atoms with Crippen molar-refractivity contribution in [3.8, 4) is 11.5 Å². The van der Waals surface area contributed by atoms with Gasteiger partial charge in [0.1, 0.15) is 0 Å². The lowest BCUT2D eigenvalue weighted by Gasteiger charge is -2.17. The maximum absolute atomic E-state index is 12.1. The van der Waals surface area contributed by atoms with Gasteiger partial charge in [-0.25, -0.2) is 0 Å². The van der Waals surface area contributed by atoms with E-state index in [0.29, 0.717) is 23.5 Å². The highest BCUT2D eigenvalue weighted by Crippen LogP contribution is 2.29. The fraction of sp³-hybridized carbons (Fsp3) is 0.533. The number of hydrogen-bond donors (Lipinski definition) is 0. The van der Waals surface area contributed by atoms with Crippen LogP contribution in [0.25, 0.3) is 0 Å². The Morgan fingerprint density at radius 3 is 2.22 bits per heavy atom. The second-order valence-electron chi connectivity index (χ2n) is 5.55. The fourth-order valence-corrected chi connectivity index (χ4v) is 1.64. The van der Waals surface area contributed by atoms with E-state index < -0.39 is 0 Å². The lowest BCUT2D eigenvalue weighted by Crippen LogP contribution is -2.09. The number of Topliss-reactive ketones (excluding diaryl/α,β-unsaturated/α-hetero) is 1. The topological polar surface area (TPSA) is 35.5 Å². The summed E-state index contributed by atoms with van der Waals surface area (Å²) in [6.45, 7) is 6.40. The Kier molecular flexibility index (Phi) is 4.76. The van der Waals surface area contributed by atoms with Gasteiger partial charge in [-0.15, -0.1) is 0 Å². The average Bonchev–Trinajstić information content (AvgIpc) is 2.34. The molecule has 0 saturated carbocycles. The van der Waals surface area contributed by atoms with Gasteiger partial charge in [-0.05, 0) is 30.0 Å². The molecule has 0 aliphatic heterocycles. The minimum Gasteiger partial charge on any atom is -0.493 e. The van der Waals surface area contributed by atoms with E-state index in [2.05, 4.69) is 20.8 Å². The molecule has 0 fully saturated rings. The normalized spacial score (nSPS) is 11.2. The largest absolute Gasteiger partial charge is 0.493 e. The predicted molar refractivity (Wildman–Crippen MR) is 72.6 cm³/mol. The monoisotopic (exact) mass is 250 g/mol. The van der Waals surface area contributed by atoms with Gasteiger partial charge >= 0.3 is 0 Å². The number of methoxy groups -OCH3 is 2. The molecule has 3 nitrogen and oxygen atoms in total. The van der Waals surface area contributed by atoms with E-state index in [1.807, 2.05) is 0 Å². The third-order valence-electron chi connectivity index (χ3n) is 2.81. The van der Waals surface area contributed by atoms with Crippen LogP contribution in [-0.4, -0.2) is 20.0 Å². The van der Waals surface area contributed by atoms with Crippen LogP contribution in [0.5, 0.6) is 11.5 Å². The van der Waals surface area contributed by atoms with E-state index in [0.717, 1.165) is 6.42 Å². The zero-order chi connectivity index (χ0) is 13.8. The minimum atomic E-state index is 0.144. The summed E-state index contributed by atoms with van der Waals surface area (Å²) in [7, 11) is 3.15. The molecular formula is C15H22O3. The molecule has 0 spiro atoms. The third kappa shape index (κ3) is 4.06. The molecule has 0 unspecified atom stereocenters. The maximum Gasteiger partial charge on any atom is 0.163 e. The Balaban J connectivity index is 2.80. The molecule has 0 bridgehead atoms. The second-order valence-corrected chi connectivity index (χ2v) is 5.55. The van der Waals surface area contributed by atoms with Crippen LogP contribution in [0.3, 0.4) is 0 Å². The van der Waals surface area contributed by atoms with E-state index >= 15 is 0 Å². The van der Waals surface area contributed by atoms with Crippen molar-refractivity contribution in [2.45, 2.75) is 33.6 Å². The Bertz CT molecular complexity index is 416. The number of carbonyl (C=O) groups excluding carboxylic acids is 1. The van der Waals surface area contributed by atoms with Crippen LogP contribution in [-0.2, 0) is 0 Å². The van der Waals surface area contributed by atoms with Gasteiger partial charge in [-0.3, -0.25) is 4.79 Å². The van der Waals surface area contributed by atoms with Crippen LogP contribution < -0.4 is 9.47 Å². The number of ketones is 1. The standard InChI is InChI=1S/C15H22O3/c1-15(2,3)9-8-12(16)11-6-7-13(17-4)14(10-11)18-5/h6-7,10H,8-9H2,1-5H3. The SMILES string of the molecule is COc1ccc(C(=O)CCC(C)(C)C)cc1OC. The summed E-state index contributed by atoms with van der Waals surface area (Å²) >= 11 is 0. The van der Waals surface area contributed by atoms with Crippen LogP contribution in [0.2, 0.25) is 0 Å². The van der Waals surface area contributed by atoms with Gasteiger partial charge in [0.25, 0.3) is 0 Å². The van der Waals surface area contributed by atoms with E-state index in [4.69, 9.17) is 9.47 Å². The van der Waals surface area contributed by atoms with Crippen LogP contribution in [0.1, 0.15) is 44.0 Å². The summed E-state index contributed by atoms with van der Waals surface area (Å²) in [6, 6.07) is 5.29. The molecule has 1 rings (SSSR count). The number of benzene rings is 1. The van der Waals surface area contributed by atoms with E-state index in [9.17, 15) is 4.79 Å². The summed E-state index contributed by atoms with van der Waals surface area (Å²) in [5, 5.41) is 0. The Hall–Kier alpha value is -1.51. The Labute approximate surface area is 109 Å². The first-order chi connectivity index (χ1) is 8.37. The summed E-state index contributed by atoms with van der Waals surface area (Å²) in [6.07, 6.45) is 1.43. The second kappa shape index (κ2) is 5.89. The van der Waals surface area contributed by atoms with Crippen LogP contribution in [0, 0.1) is 5.41 Å². The smallest absolute Gasteiger partial charge is 0.163 e. The molecule has 0 saturated heterocycles. The van der Waals surface area contributed by atoms with E-state index in [-0.39, 0.29) is 11.2 Å². The van der Waals surface area contributed by atoms with Crippen molar-refractivity contribution in [3.63, 3.8) is 0 Å². The van der Waals surface area contributed by atoms with Gasteiger partial charge in [0.05, 0.1) is 14.2 Å². The molecule has 0 aliphatic rings. The summed E-state index contributed by atoms with van der Waals surface area (Å²) < 4.78 is 10.3. The van der Waals surface area contributed by atoms with Crippen molar-refractivity contribution in [3.05, 3.63) is 23.8 Å². The zero-order valence-corrected chi connectivity index (χ0v) is 11.9. The Morgan fingerprint density at radius 1 is 1.11 bits per heavy atom. The first kappa shape index (κ1) is 14.6. The maximum atomic E-state index is 12.1. The molecular weight excluding hydrogens is 228 g/mol. The first-order valence-electron chi connectivity index (χ1n) is 6.12. The van der Waals surface area contributed by atoms with Gasteiger partial charge in [-0.2, -0.15) is 0 Å². The quantitative estimate of drug-likeness (QED) is 0.747. The predicted octanol–water partition coefficient (Wildman–Crippen LogP) is 3.71. The number of carbonyl (C=O) groups is 1. The van der Waals surface area contributed by atoms with Crippen molar-refractivity contribution in [1.82, 2.24) is 0 Å². The molecule has 1 aromatic rings. The van der Waals surface area contributed by atoms with Crippen molar-refractivity contribution in [2.24, 2.45) is 5.41 Å². The molecule has 0 aliphatic carbocycles. The first-order valence-corrected chi connectivity index (χ1v) is 6.12. The third-order valence-corrected chi connectivity index (χ3v) is 2.81. The highest BCUT2D eigenvalue weighted by Gasteiger charge is 2.15. The highest BCUT2D eigenvalue weighted by atomic mass is 16.5. The molecule has 0 aromatic heterocycles. The van der Waals surface area contributed by atoms with Gasteiger partial charge in [-0.1, -0.05) is 20.8 Å². The lowest BCUT2D eigenvalue weighted by atomic mass is 9.88. The van der Waals surface area contributed by atoms with Crippen molar-refractivity contribution in [2.75, 3.05) is 14.2 Å². The summed E-state index contributed by atoms with van der Waals surface area (Å²) in [5.41, 5.74) is 0.851. The van der Waals surface area contributed by atoms with E-state index in [1.165, 1.54) is 0 Å². The summed E-state index contributed by atoms with van der Waals surface area (Å²) in [5.74, 6) is 1.38. The molecule has 18 heavy (non-hydrogen) atoms. The van der Waals surface area contributed by atoms with E-state index in [1.54, 1.807) is 32.4 Å². The van der Waals surface area contributed by atoms with Crippen molar-refractivity contribution < 1.29 is 14.3 Å². The fourth-order valence-electron chi connectivity index (χ4n) is 1.64. The summed E-state index contributed by atoms with van der Waals surface area (Å²) in [4.78, 5) is 12.1. The molecule has 1 aromatic carbocycles. The highest BCUT2D eigenvalue weighted by molar-refractivity contribution is 5.96.